The highest BCUT2D eigenvalue weighted by atomic mass is 16.5. The molecule has 1 aliphatic rings. The molecule has 4 aromatic rings. The highest BCUT2D eigenvalue weighted by Crippen LogP contribution is 2.28. The van der Waals surface area contributed by atoms with Crippen LogP contribution in [0.25, 0.3) is 22.4 Å². The van der Waals surface area contributed by atoms with Gasteiger partial charge in [0.1, 0.15) is 23.9 Å². The Labute approximate surface area is 215 Å². The molecule has 0 saturated heterocycles. The molecule has 0 aliphatic heterocycles. The second kappa shape index (κ2) is 10.6. The predicted octanol–water partition coefficient (Wildman–Crippen LogP) is 5.99. The van der Waals surface area contributed by atoms with Crippen molar-refractivity contribution in [2.45, 2.75) is 65.1 Å². The fourth-order valence-corrected chi connectivity index (χ4v) is 4.90. The SMILES string of the molecule is Cc1cccc(-c2nc(CO[C@H]3CCC[C@@H](OCn4c(C(=O)O)cc5cc(C#N)ccc54)C3)c(C)o2)c1. The molecule has 2 atom stereocenters. The third-order valence-corrected chi connectivity index (χ3v) is 6.88. The first-order chi connectivity index (χ1) is 17.9. The van der Waals surface area contributed by atoms with Gasteiger partial charge in [0.15, 0.2) is 0 Å². The highest BCUT2D eigenvalue weighted by Gasteiger charge is 2.25. The van der Waals surface area contributed by atoms with Crippen molar-refractivity contribution in [3.05, 3.63) is 76.8 Å². The van der Waals surface area contributed by atoms with Crippen molar-refractivity contribution < 1.29 is 23.8 Å². The van der Waals surface area contributed by atoms with E-state index in [1.807, 2.05) is 38.1 Å². The quantitative estimate of drug-likeness (QED) is 0.317. The minimum Gasteiger partial charge on any atom is -0.477 e. The van der Waals surface area contributed by atoms with Crippen molar-refractivity contribution in [3.8, 4) is 17.5 Å². The van der Waals surface area contributed by atoms with Crippen LogP contribution < -0.4 is 0 Å². The van der Waals surface area contributed by atoms with E-state index in [-0.39, 0.29) is 24.6 Å². The first kappa shape index (κ1) is 24.8. The molecule has 0 spiro atoms. The van der Waals surface area contributed by atoms with Gasteiger partial charge in [0, 0.05) is 10.9 Å². The number of carboxylic acids is 1. The lowest BCUT2D eigenvalue weighted by atomic mass is 9.95. The largest absolute Gasteiger partial charge is 0.477 e. The van der Waals surface area contributed by atoms with E-state index in [2.05, 4.69) is 11.1 Å². The van der Waals surface area contributed by atoms with Gasteiger partial charge in [0.2, 0.25) is 5.89 Å². The van der Waals surface area contributed by atoms with Gasteiger partial charge in [0.05, 0.1) is 36.0 Å². The first-order valence-electron chi connectivity index (χ1n) is 12.4. The van der Waals surface area contributed by atoms with Gasteiger partial charge in [0.25, 0.3) is 0 Å². The van der Waals surface area contributed by atoms with E-state index >= 15 is 0 Å². The Bertz CT molecular complexity index is 1480. The summed E-state index contributed by atoms with van der Waals surface area (Å²) < 4.78 is 19.9. The zero-order valence-electron chi connectivity index (χ0n) is 20.9. The van der Waals surface area contributed by atoms with E-state index in [0.717, 1.165) is 53.8 Å². The Balaban J connectivity index is 1.21. The van der Waals surface area contributed by atoms with Crippen molar-refractivity contribution in [3.63, 3.8) is 0 Å². The molecule has 37 heavy (non-hydrogen) atoms. The topological polar surface area (TPSA) is 111 Å². The van der Waals surface area contributed by atoms with Crippen LogP contribution in [0, 0.1) is 25.2 Å². The van der Waals surface area contributed by atoms with E-state index in [4.69, 9.17) is 19.2 Å². The molecule has 8 nitrogen and oxygen atoms in total. The molecule has 5 rings (SSSR count). The number of aromatic nitrogens is 2. The fourth-order valence-electron chi connectivity index (χ4n) is 4.90. The number of nitriles is 1. The maximum absolute atomic E-state index is 11.8. The molecule has 1 aliphatic carbocycles. The van der Waals surface area contributed by atoms with E-state index in [0.29, 0.717) is 23.4 Å². The van der Waals surface area contributed by atoms with Gasteiger partial charge in [-0.15, -0.1) is 0 Å². The summed E-state index contributed by atoms with van der Waals surface area (Å²) in [5, 5.41) is 19.5. The number of carbonyl (C=O) groups is 1. The van der Waals surface area contributed by atoms with E-state index in [9.17, 15) is 9.90 Å². The van der Waals surface area contributed by atoms with Crippen LogP contribution in [-0.2, 0) is 22.8 Å². The van der Waals surface area contributed by atoms with E-state index in [1.165, 1.54) is 0 Å². The van der Waals surface area contributed by atoms with Gasteiger partial charge in [-0.3, -0.25) is 0 Å². The minimum atomic E-state index is -1.03. The van der Waals surface area contributed by atoms with Gasteiger partial charge in [-0.25, -0.2) is 9.78 Å². The molecular weight excluding hydrogens is 470 g/mol. The molecule has 0 unspecified atom stereocenters. The third kappa shape index (κ3) is 5.43. The summed E-state index contributed by atoms with van der Waals surface area (Å²) in [5.41, 5.74) is 4.24. The number of rotatable bonds is 8. The number of nitrogens with zero attached hydrogens (tertiary/aromatic N) is 3. The molecule has 1 fully saturated rings. The smallest absolute Gasteiger partial charge is 0.352 e. The summed E-state index contributed by atoms with van der Waals surface area (Å²) in [6.07, 6.45) is 3.49. The first-order valence-corrected chi connectivity index (χ1v) is 12.4. The lowest BCUT2D eigenvalue weighted by Gasteiger charge is -2.29. The van der Waals surface area contributed by atoms with Gasteiger partial charge < -0.3 is 23.6 Å². The number of carboxylic acid groups (broad SMARTS) is 1. The number of hydrogen-bond acceptors (Lipinski definition) is 6. The number of ether oxygens (including phenoxy) is 2. The predicted molar refractivity (Wildman–Crippen MR) is 137 cm³/mol. The molecular formula is C29H29N3O5. The number of hydrogen-bond donors (Lipinski definition) is 1. The van der Waals surface area contributed by atoms with Crippen molar-refractivity contribution in [2.75, 3.05) is 0 Å². The standard InChI is InChI=1S/C29H29N3O5/c1-18-5-3-6-21(11-18)28-31-25(19(2)37-28)16-35-23-7-4-8-24(14-23)36-17-32-26-10-9-20(15-30)12-22(26)13-27(32)29(33)34/h3,5-6,9-13,23-24H,4,7-8,14,16-17H2,1-2H3,(H,33,34)/t23-,24+/m0/s1. The van der Waals surface area contributed by atoms with Gasteiger partial charge in [-0.2, -0.15) is 5.26 Å². The van der Waals surface area contributed by atoms with Crippen molar-refractivity contribution in [1.29, 1.82) is 5.26 Å². The number of benzene rings is 2. The molecule has 8 heteroatoms. The monoisotopic (exact) mass is 499 g/mol. The number of oxazole rings is 1. The van der Waals surface area contributed by atoms with E-state index < -0.39 is 5.97 Å². The van der Waals surface area contributed by atoms with Crippen LogP contribution in [-0.4, -0.2) is 32.8 Å². The Morgan fingerprint density at radius 1 is 1.16 bits per heavy atom. The molecule has 0 bridgehead atoms. The van der Waals surface area contributed by atoms with Crippen LogP contribution in [0.15, 0.2) is 52.9 Å². The normalized spacial score (nSPS) is 17.6. The van der Waals surface area contributed by atoms with Gasteiger partial charge in [-0.1, -0.05) is 17.7 Å². The second-order valence-electron chi connectivity index (χ2n) is 9.56. The third-order valence-electron chi connectivity index (χ3n) is 6.88. The summed E-state index contributed by atoms with van der Waals surface area (Å²) in [4.78, 5) is 16.5. The van der Waals surface area contributed by atoms with Crippen molar-refractivity contribution in [2.24, 2.45) is 0 Å². The maximum Gasteiger partial charge on any atom is 0.352 e. The average Bonchev–Trinajstić information content (AvgIpc) is 3.46. The molecule has 0 radical (unpaired) electrons. The summed E-state index contributed by atoms with van der Waals surface area (Å²) in [7, 11) is 0. The zero-order valence-corrected chi connectivity index (χ0v) is 20.9. The molecule has 190 valence electrons. The molecule has 2 heterocycles. The molecule has 1 N–H and O–H groups in total. The van der Waals surface area contributed by atoms with Crippen LogP contribution >= 0.6 is 0 Å². The van der Waals surface area contributed by atoms with Crippen LogP contribution in [0.2, 0.25) is 0 Å². The Kier molecular flexibility index (Phi) is 7.08. The maximum atomic E-state index is 11.8. The minimum absolute atomic E-state index is 0.0239. The lowest BCUT2D eigenvalue weighted by molar-refractivity contribution is -0.0687. The van der Waals surface area contributed by atoms with Crippen LogP contribution in [0.4, 0.5) is 0 Å². The fraction of sp³-hybridized carbons (Fsp3) is 0.345. The highest BCUT2D eigenvalue weighted by molar-refractivity contribution is 5.95. The zero-order chi connectivity index (χ0) is 25.9. The number of fused-ring (bicyclic) bond motifs is 1. The summed E-state index contributed by atoms with van der Waals surface area (Å²) >= 11 is 0. The molecule has 1 saturated carbocycles. The molecule has 2 aromatic carbocycles. The summed E-state index contributed by atoms with van der Waals surface area (Å²) in [6, 6.07) is 16.9. The summed E-state index contributed by atoms with van der Waals surface area (Å²) in [6.45, 7) is 4.43. The Hall–Kier alpha value is -3.93. The number of aromatic carboxylic acids is 1. The Morgan fingerprint density at radius 3 is 2.73 bits per heavy atom. The van der Waals surface area contributed by atoms with Crippen molar-refractivity contribution >= 4 is 16.9 Å². The van der Waals surface area contributed by atoms with Crippen LogP contribution in [0.1, 0.15) is 58.8 Å². The van der Waals surface area contributed by atoms with Gasteiger partial charge in [-0.05, 0) is 75.9 Å². The van der Waals surface area contributed by atoms with Crippen LogP contribution in [0.3, 0.4) is 0 Å². The average molecular weight is 500 g/mol. The second-order valence-corrected chi connectivity index (χ2v) is 9.56. The van der Waals surface area contributed by atoms with Crippen molar-refractivity contribution in [1.82, 2.24) is 9.55 Å². The number of aryl methyl sites for hydroxylation is 2. The van der Waals surface area contributed by atoms with Crippen LogP contribution in [0.5, 0.6) is 0 Å². The summed E-state index contributed by atoms with van der Waals surface area (Å²) in [5.74, 6) is 0.316. The molecule has 2 aromatic heterocycles. The lowest BCUT2D eigenvalue weighted by Crippen LogP contribution is -2.29. The molecule has 0 amide bonds. The van der Waals surface area contributed by atoms with E-state index in [1.54, 1.807) is 28.8 Å². The Morgan fingerprint density at radius 2 is 1.97 bits per heavy atom. The van der Waals surface area contributed by atoms with Gasteiger partial charge >= 0.3 is 5.97 Å².